The maximum Gasteiger partial charge on any atom is 0.269 e. The van der Waals surface area contributed by atoms with E-state index in [1.165, 1.54) is 0 Å². The fourth-order valence-electron chi connectivity index (χ4n) is 0.967. The Bertz CT molecular complexity index is 325. The van der Waals surface area contributed by atoms with Gasteiger partial charge in [-0.1, -0.05) is 0 Å². The van der Waals surface area contributed by atoms with Crippen molar-refractivity contribution < 1.29 is 4.79 Å². The molecular weight excluding hydrogens is 182 g/mol. The Balaban J connectivity index is 2.88. The highest BCUT2D eigenvalue weighted by Gasteiger charge is 2.11. The SMILES string of the molecule is CN(C)NC(=O)c1cccnc1NN. The van der Waals surface area contributed by atoms with Crippen molar-refractivity contribution in [1.82, 2.24) is 15.4 Å². The third-order valence-corrected chi connectivity index (χ3v) is 1.51. The van der Waals surface area contributed by atoms with E-state index in [9.17, 15) is 4.79 Å². The summed E-state index contributed by atoms with van der Waals surface area (Å²) in [4.78, 5) is 15.5. The molecule has 0 aromatic carbocycles. The molecule has 6 heteroatoms. The molecule has 0 radical (unpaired) electrons. The molecule has 0 saturated carbocycles. The maximum absolute atomic E-state index is 11.5. The van der Waals surface area contributed by atoms with Crippen molar-refractivity contribution in [3.05, 3.63) is 23.9 Å². The smallest absolute Gasteiger partial charge is 0.269 e. The number of nitrogens with zero attached hydrogens (tertiary/aromatic N) is 2. The van der Waals surface area contributed by atoms with Gasteiger partial charge in [0.15, 0.2) is 5.82 Å². The summed E-state index contributed by atoms with van der Waals surface area (Å²) < 4.78 is 0. The highest BCUT2D eigenvalue weighted by molar-refractivity contribution is 5.98. The number of pyridine rings is 1. The van der Waals surface area contributed by atoms with Crippen molar-refractivity contribution in [2.24, 2.45) is 5.84 Å². The van der Waals surface area contributed by atoms with E-state index in [4.69, 9.17) is 5.84 Å². The minimum absolute atomic E-state index is 0.254. The van der Waals surface area contributed by atoms with Crippen LogP contribution in [0.5, 0.6) is 0 Å². The summed E-state index contributed by atoms with van der Waals surface area (Å²) in [6.07, 6.45) is 1.56. The number of nitrogens with two attached hydrogens (primary N) is 1. The van der Waals surface area contributed by atoms with Crippen LogP contribution in [-0.4, -0.2) is 30.0 Å². The number of rotatable bonds is 3. The molecule has 6 nitrogen and oxygen atoms in total. The number of nitrogens with one attached hydrogen (secondary N) is 2. The normalized spacial score (nSPS) is 10.0. The molecule has 0 aliphatic rings. The Labute approximate surface area is 82.0 Å². The van der Waals surface area contributed by atoms with E-state index in [2.05, 4.69) is 15.8 Å². The van der Waals surface area contributed by atoms with Crippen LogP contribution in [0.3, 0.4) is 0 Å². The van der Waals surface area contributed by atoms with Crippen molar-refractivity contribution in [2.45, 2.75) is 0 Å². The standard InChI is InChI=1S/C8H13N5O/c1-13(2)12-8(14)6-4-3-5-10-7(6)11-9/h3-5H,9H2,1-2H3,(H,10,11)(H,12,14). The van der Waals surface area contributed by atoms with Gasteiger partial charge in [0.2, 0.25) is 0 Å². The Morgan fingerprint density at radius 1 is 1.57 bits per heavy atom. The summed E-state index contributed by atoms with van der Waals surface area (Å²) in [6, 6.07) is 3.31. The molecule has 1 aromatic rings. The molecule has 4 N–H and O–H groups in total. The van der Waals surface area contributed by atoms with Crippen LogP contribution in [0.2, 0.25) is 0 Å². The lowest BCUT2D eigenvalue weighted by molar-refractivity contribution is 0.0857. The van der Waals surface area contributed by atoms with Crippen molar-refractivity contribution in [3.8, 4) is 0 Å². The van der Waals surface area contributed by atoms with Crippen LogP contribution in [-0.2, 0) is 0 Å². The first-order valence-corrected chi connectivity index (χ1v) is 4.05. The van der Waals surface area contributed by atoms with Gasteiger partial charge in [-0.3, -0.25) is 10.2 Å². The summed E-state index contributed by atoms with van der Waals surface area (Å²) in [6.45, 7) is 0. The molecule has 0 unspecified atom stereocenters. The minimum Gasteiger partial charge on any atom is -0.308 e. The third-order valence-electron chi connectivity index (χ3n) is 1.51. The van der Waals surface area contributed by atoms with Gasteiger partial charge >= 0.3 is 0 Å². The first-order valence-electron chi connectivity index (χ1n) is 4.05. The van der Waals surface area contributed by atoms with Crippen molar-refractivity contribution in [3.63, 3.8) is 0 Å². The van der Waals surface area contributed by atoms with Gasteiger partial charge in [0.05, 0.1) is 5.56 Å². The number of carbonyl (C=O) groups is 1. The Hall–Kier alpha value is -1.66. The molecule has 0 saturated heterocycles. The zero-order valence-corrected chi connectivity index (χ0v) is 8.11. The predicted molar refractivity (Wildman–Crippen MR) is 53.2 cm³/mol. The predicted octanol–water partition coefficient (Wildman–Crippen LogP) is -0.426. The van der Waals surface area contributed by atoms with Crippen molar-refractivity contribution in [2.75, 3.05) is 19.5 Å². The van der Waals surface area contributed by atoms with Gasteiger partial charge < -0.3 is 5.43 Å². The fourth-order valence-corrected chi connectivity index (χ4v) is 0.967. The Morgan fingerprint density at radius 3 is 2.86 bits per heavy atom. The fraction of sp³-hybridized carbons (Fsp3) is 0.250. The van der Waals surface area contributed by atoms with Crippen LogP contribution in [0.15, 0.2) is 18.3 Å². The second kappa shape index (κ2) is 4.54. The molecule has 0 aliphatic heterocycles. The average molecular weight is 195 g/mol. The lowest BCUT2D eigenvalue weighted by Gasteiger charge is -2.13. The van der Waals surface area contributed by atoms with Gasteiger partial charge in [0, 0.05) is 20.3 Å². The maximum atomic E-state index is 11.5. The number of amides is 1. The van der Waals surface area contributed by atoms with Crippen LogP contribution < -0.4 is 16.7 Å². The van der Waals surface area contributed by atoms with Crippen LogP contribution in [0.4, 0.5) is 5.82 Å². The Kier molecular flexibility index (Phi) is 3.38. The molecular formula is C8H13N5O. The molecule has 0 spiro atoms. The molecule has 0 bridgehead atoms. The second-order valence-corrected chi connectivity index (χ2v) is 2.88. The molecule has 0 aliphatic carbocycles. The van der Waals surface area contributed by atoms with E-state index in [0.29, 0.717) is 11.4 Å². The number of hydrogen-bond donors (Lipinski definition) is 3. The van der Waals surface area contributed by atoms with Gasteiger partial charge in [0.1, 0.15) is 0 Å². The molecule has 1 aromatic heterocycles. The van der Waals surface area contributed by atoms with E-state index >= 15 is 0 Å². The zero-order valence-electron chi connectivity index (χ0n) is 8.11. The first-order chi connectivity index (χ1) is 6.65. The van der Waals surface area contributed by atoms with Crippen molar-refractivity contribution in [1.29, 1.82) is 0 Å². The lowest BCUT2D eigenvalue weighted by atomic mass is 10.2. The van der Waals surface area contributed by atoms with Crippen molar-refractivity contribution >= 4 is 11.7 Å². The summed E-state index contributed by atoms with van der Waals surface area (Å²) in [5.74, 6) is 5.31. The number of hydrazine groups is 2. The van der Waals surface area contributed by atoms with Crippen LogP contribution >= 0.6 is 0 Å². The molecule has 1 rings (SSSR count). The average Bonchev–Trinajstić information content (AvgIpc) is 2.16. The van der Waals surface area contributed by atoms with Gasteiger partial charge in [0.25, 0.3) is 5.91 Å². The second-order valence-electron chi connectivity index (χ2n) is 2.88. The van der Waals surface area contributed by atoms with Gasteiger partial charge in [-0.15, -0.1) is 0 Å². The van der Waals surface area contributed by atoms with E-state index in [-0.39, 0.29) is 5.91 Å². The quantitative estimate of drug-likeness (QED) is 0.450. The zero-order chi connectivity index (χ0) is 10.6. The number of nitrogen functional groups attached to an aromatic ring is 1. The number of hydrogen-bond acceptors (Lipinski definition) is 5. The summed E-state index contributed by atoms with van der Waals surface area (Å²) in [7, 11) is 3.45. The van der Waals surface area contributed by atoms with E-state index in [0.717, 1.165) is 0 Å². The lowest BCUT2D eigenvalue weighted by Crippen LogP contribution is -2.36. The number of aromatic nitrogens is 1. The number of anilines is 1. The number of carbonyl (C=O) groups excluding carboxylic acids is 1. The topological polar surface area (TPSA) is 83.3 Å². The molecule has 0 fully saturated rings. The summed E-state index contributed by atoms with van der Waals surface area (Å²) in [5, 5.41) is 1.55. The molecule has 0 atom stereocenters. The summed E-state index contributed by atoms with van der Waals surface area (Å²) >= 11 is 0. The third kappa shape index (κ3) is 2.41. The van der Waals surface area contributed by atoms with E-state index in [1.54, 1.807) is 37.4 Å². The largest absolute Gasteiger partial charge is 0.308 e. The van der Waals surface area contributed by atoms with Gasteiger partial charge in [-0.05, 0) is 12.1 Å². The van der Waals surface area contributed by atoms with Crippen LogP contribution in [0.25, 0.3) is 0 Å². The van der Waals surface area contributed by atoms with Crippen LogP contribution in [0, 0.1) is 0 Å². The minimum atomic E-state index is -0.254. The van der Waals surface area contributed by atoms with E-state index in [1.807, 2.05) is 0 Å². The molecule has 14 heavy (non-hydrogen) atoms. The van der Waals surface area contributed by atoms with Gasteiger partial charge in [-0.25, -0.2) is 15.8 Å². The first kappa shape index (κ1) is 10.4. The highest BCUT2D eigenvalue weighted by atomic mass is 16.2. The monoisotopic (exact) mass is 195 g/mol. The molecule has 1 heterocycles. The van der Waals surface area contributed by atoms with Gasteiger partial charge in [-0.2, -0.15) is 0 Å². The van der Waals surface area contributed by atoms with E-state index < -0.39 is 0 Å². The van der Waals surface area contributed by atoms with Crippen LogP contribution in [0.1, 0.15) is 10.4 Å². The summed E-state index contributed by atoms with van der Waals surface area (Å²) in [5.41, 5.74) is 5.36. The molecule has 1 amide bonds. The highest BCUT2D eigenvalue weighted by Crippen LogP contribution is 2.08. The Morgan fingerprint density at radius 2 is 2.29 bits per heavy atom. The molecule has 76 valence electrons.